The minimum Gasteiger partial charge on any atom is -0.342 e. The van der Waals surface area contributed by atoms with Crippen LogP contribution in [-0.2, 0) is 4.79 Å². The van der Waals surface area contributed by atoms with Crippen molar-refractivity contribution in [1.29, 1.82) is 0 Å². The lowest BCUT2D eigenvalue weighted by atomic mass is 9.78. The summed E-state index contributed by atoms with van der Waals surface area (Å²) in [7, 11) is 0. The van der Waals surface area contributed by atoms with Crippen LogP contribution in [0.25, 0.3) is 5.82 Å². The highest BCUT2D eigenvalue weighted by atomic mass is 16.2. The lowest BCUT2D eigenvalue weighted by molar-refractivity contribution is -0.145. The van der Waals surface area contributed by atoms with Gasteiger partial charge in [-0.15, -0.1) is 5.10 Å². The third-order valence-electron chi connectivity index (χ3n) is 5.53. The summed E-state index contributed by atoms with van der Waals surface area (Å²) in [6.45, 7) is 4.82. The van der Waals surface area contributed by atoms with Crippen molar-refractivity contribution in [2.75, 3.05) is 26.2 Å². The SMILES string of the molecule is CCCN1CCCC2(CCN(C(=O)c3ccnc(-n4cnnn4)c3)C2)C1=O. The molecule has 9 heteroatoms. The van der Waals surface area contributed by atoms with Gasteiger partial charge in [-0.05, 0) is 48.2 Å². The maximum absolute atomic E-state index is 13.0. The quantitative estimate of drug-likeness (QED) is 0.795. The molecule has 1 unspecified atom stereocenters. The molecule has 0 aromatic carbocycles. The van der Waals surface area contributed by atoms with E-state index in [4.69, 9.17) is 0 Å². The number of hydrogen-bond donors (Lipinski definition) is 0. The fraction of sp³-hybridized carbons (Fsp3) is 0.556. The van der Waals surface area contributed by atoms with E-state index in [1.165, 1.54) is 11.0 Å². The van der Waals surface area contributed by atoms with E-state index in [1.807, 2.05) is 4.90 Å². The molecule has 2 aromatic heterocycles. The highest BCUT2D eigenvalue weighted by Gasteiger charge is 2.49. The molecule has 142 valence electrons. The Morgan fingerprint density at radius 3 is 2.96 bits per heavy atom. The average molecular weight is 369 g/mol. The minimum atomic E-state index is -0.408. The second kappa shape index (κ2) is 7.05. The van der Waals surface area contributed by atoms with Gasteiger partial charge in [-0.1, -0.05) is 6.92 Å². The number of tetrazole rings is 1. The van der Waals surface area contributed by atoms with E-state index in [-0.39, 0.29) is 11.8 Å². The molecule has 2 fully saturated rings. The van der Waals surface area contributed by atoms with Gasteiger partial charge < -0.3 is 9.80 Å². The fourth-order valence-corrected chi connectivity index (χ4v) is 4.19. The Bertz CT molecular complexity index is 836. The van der Waals surface area contributed by atoms with Gasteiger partial charge in [-0.25, -0.2) is 4.98 Å². The second-order valence-electron chi connectivity index (χ2n) is 7.31. The summed E-state index contributed by atoms with van der Waals surface area (Å²) in [5.41, 5.74) is 0.121. The highest BCUT2D eigenvalue weighted by molar-refractivity contribution is 5.95. The zero-order valence-corrected chi connectivity index (χ0v) is 15.4. The number of aromatic nitrogens is 5. The van der Waals surface area contributed by atoms with E-state index in [0.29, 0.717) is 24.5 Å². The van der Waals surface area contributed by atoms with Crippen LogP contribution in [0.5, 0.6) is 0 Å². The first-order valence-corrected chi connectivity index (χ1v) is 9.41. The molecule has 2 saturated heterocycles. The minimum absolute atomic E-state index is 0.0796. The number of carbonyl (C=O) groups is 2. The summed E-state index contributed by atoms with van der Waals surface area (Å²) in [6.07, 6.45) is 6.58. The molecule has 0 bridgehead atoms. The summed E-state index contributed by atoms with van der Waals surface area (Å²) in [5.74, 6) is 0.627. The van der Waals surface area contributed by atoms with Gasteiger partial charge in [0, 0.05) is 37.9 Å². The zero-order chi connectivity index (χ0) is 18.9. The van der Waals surface area contributed by atoms with Crippen LogP contribution in [0.15, 0.2) is 24.7 Å². The van der Waals surface area contributed by atoms with E-state index in [2.05, 4.69) is 27.4 Å². The molecule has 2 aliphatic heterocycles. The van der Waals surface area contributed by atoms with Gasteiger partial charge in [0.15, 0.2) is 5.82 Å². The molecule has 4 rings (SSSR count). The van der Waals surface area contributed by atoms with Crippen molar-refractivity contribution >= 4 is 11.8 Å². The first-order valence-electron chi connectivity index (χ1n) is 9.41. The number of hydrogen-bond acceptors (Lipinski definition) is 6. The normalized spacial score (nSPS) is 22.6. The fourth-order valence-electron chi connectivity index (χ4n) is 4.19. The number of likely N-dealkylation sites (tertiary alicyclic amines) is 2. The van der Waals surface area contributed by atoms with Gasteiger partial charge in [0.05, 0.1) is 5.41 Å². The third kappa shape index (κ3) is 3.17. The van der Waals surface area contributed by atoms with E-state index >= 15 is 0 Å². The lowest BCUT2D eigenvalue weighted by Crippen LogP contribution is -2.50. The summed E-state index contributed by atoms with van der Waals surface area (Å²) in [4.78, 5) is 34.0. The third-order valence-corrected chi connectivity index (χ3v) is 5.53. The van der Waals surface area contributed by atoms with Crippen LogP contribution >= 0.6 is 0 Å². The molecule has 0 radical (unpaired) electrons. The Morgan fingerprint density at radius 1 is 1.30 bits per heavy atom. The monoisotopic (exact) mass is 369 g/mol. The van der Waals surface area contributed by atoms with Crippen LogP contribution in [0.1, 0.15) is 43.0 Å². The predicted octanol–water partition coefficient (Wildman–Crippen LogP) is 0.922. The largest absolute Gasteiger partial charge is 0.342 e. The first-order chi connectivity index (χ1) is 13.1. The van der Waals surface area contributed by atoms with Crippen LogP contribution in [0, 0.1) is 5.41 Å². The van der Waals surface area contributed by atoms with Gasteiger partial charge >= 0.3 is 0 Å². The van der Waals surface area contributed by atoms with Crippen LogP contribution in [0.2, 0.25) is 0 Å². The number of rotatable bonds is 4. The van der Waals surface area contributed by atoms with E-state index in [0.717, 1.165) is 38.8 Å². The van der Waals surface area contributed by atoms with Gasteiger partial charge in [-0.2, -0.15) is 4.68 Å². The zero-order valence-electron chi connectivity index (χ0n) is 15.4. The van der Waals surface area contributed by atoms with Crippen molar-refractivity contribution in [3.8, 4) is 5.82 Å². The molecule has 0 saturated carbocycles. The van der Waals surface area contributed by atoms with Crippen molar-refractivity contribution in [2.45, 2.75) is 32.6 Å². The van der Waals surface area contributed by atoms with Crippen LogP contribution in [0.4, 0.5) is 0 Å². The number of nitrogens with zero attached hydrogens (tertiary/aromatic N) is 7. The summed E-state index contributed by atoms with van der Waals surface area (Å²) in [5, 5.41) is 11.0. The van der Waals surface area contributed by atoms with Gasteiger partial charge in [0.25, 0.3) is 5.91 Å². The van der Waals surface area contributed by atoms with E-state index < -0.39 is 5.41 Å². The molecular weight excluding hydrogens is 346 g/mol. The number of carbonyl (C=O) groups excluding carboxylic acids is 2. The molecule has 0 N–H and O–H groups in total. The Labute approximate surface area is 157 Å². The van der Waals surface area contributed by atoms with Crippen molar-refractivity contribution in [3.63, 3.8) is 0 Å². The maximum Gasteiger partial charge on any atom is 0.254 e. The Kier molecular flexibility index (Phi) is 4.59. The Morgan fingerprint density at radius 2 is 2.19 bits per heavy atom. The number of amides is 2. The van der Waals surface area contributed by atoms with Crippen molar-refractivity contribution in [2.24, 2.45) is 5.41 Å². The summed E-state index contributed by atoms with van der Waals surface area (Å²) >= 11 is 0. The Hall–Kier alpha value is -2.84. The Balaban J connectivity index is 1.51. The molecule has 2 aromatic rings. The van der Waals surface area contributed by atoms with Gasteiger partial charge in [0.2, 0.25) is 5.91 Å². The molecule has 1 atom stereocenters. The lowest BCUT2D eigenvalue weighted by Gasteiger charge is -2.39. The predicted molar refractivity (Wildman–Crippen MR) is 96.0 cm³/mol. The molecular formula is C18H23N7O2. The molecule has 9 nitrogen and oxygen atoms in total. The van der Waals surface area contributed by atoms with E-state index in [9.17, 15) is 9.59 Å². The summed E-state index contributed by atoms with van der Waals surface area (Å²) in [6, 6.07) is 3.36. The summed E-state index contributed by atoms with van der Waals surface area (Å²) < 4.78 is 1.41. The molecule has 4 heterocycles. The molecule has 0 aliphatic carbocycles. The first kappa shape index (κ1) is 17.6. The van der Waals surface area contributed by atoms with Crippen LogP contribution < -0.4 is 0 Å². The molecule has 2 amide bonds. The molecule has 1 spiro atoms. The average Bonchev–Trinajstić information content (AvgIpc) is 3.36. The van der Waals surface area contributed by atoms with Crippen molar-refractivity contribution in [3.05, 3.63) is 30.2 Å². The maximum atomic E-state index is 13.0. The molecule has 27 heavy (non-hydrogen) atoms. The van der Waals surface area contributed by atoms with Gasteiger partial charge in [-0.3, -0.25) is 9.59 Å². The standard InChI is InChI=1S/C18H23N7O2/c1-2-8-23-9-3-5-18(17(23)27)6-10-24(12-18)16(26)14-4-7-19-15(11-14)25-13-20-21-22-25/h4,7,11,13H,2-3,5-6,8-10,12H2,1H3. The van der Waals surface area contributed by atoms with Crippen LogP contribution in [0.3, 0.4) is 0 Å². The van der Waals surface area contributed by atoms with Gasteiger partial charge in [0.1, 0.15) is 6.33 Å². The molecule has 2 aliphatic rings. The number of piperidine rings is 1. The van der Waals surface area contributed by atoms with Crippen LogP contribution in [-0.4, -0.2) is 73.0 Å². The van der Waals surface area contributed by atoms with E-state index in [1.54, 1.807) is 23.2 Å². The smallest absolute Gasteiger partial charge is 0.254 e. The number of pyridine rings is 1. The van der Waals surface area contributed by atoms with Crippen molar-refractivity contribution in [1.82, 2.24) is 35.0 Å². The highest BCUT2D eigenvalue weighted by Crippen LogP contribution is 2.40. The topological polar surface area (TPSA) is 97.1 Å². The second-order valence-corrected chi connectivity index (χ2v) is 7.31. The van der Waals surface area contributed by atoms with Crippen molar-refractivity contribution < 1.29 is 9.59 Å².